The van der Waals surface area contributed by atoms with Gasteiger partial charge in [0, 0.05) is 53.5 Å². The second-order valence-corrected chi connectivity index (χ2v) is 10.1. The molecular formula is C26H28Cl2FN3O2S. The summed E-state index contributed by atoms with van der Waals surface area (Å²) in [5.74, 6) is 0.407. The third-order valence-electron chi connectivity index (χ3n) is 5.64. The van der Waals surface area contributed by atoms with Gasteiger partial charge in [-0.1, -0.05) is 59.2 Å². The molecule has 1 aromatic heterocycles. The normalized spacial score (nSPS) is 11.0. The number of carbonyl (C=O) groups is 1. The third kappa shape index (κ3) is 7.82. The maximum atomic E-state index is 14.0. The number of rotatable bonds is 11. The fraction of sp³-hybridized carbons (Fsp3) is 0.346. The summed E-state index contributed by atoms with van der Waals surface area (Å²) in [6.07, 6.45) is 2.83. The maximum absolute atomic E-state index is 14.0. The monoisotopic (exact) mass is 535 g/mol. The highest BCUT2D eigenvalue weighted by Gasteiger charge is 2.14. The lowest BCUT2D eigenvalue weighted by molar-refractivity contribution is -0.121. The number of thioether (sulfide) groups is 1. The highest BCUT2D eigenvalue weighted by Crippen LogP contribution is 2.21. The molecule has 3 aromatic rings. The number of unbranched alkanes of at least 4 members (excludes halogenated alkanes) is 1. The summed E-state index contributed by atoms with van der Waals surface area (Å²) < 4.78 is 15.5. The van der Waals surface area contributed by atoms with Crippen molar-refractivity contribution in [3.8, 4) is 0 Å². The maximum Gasteiger partial charge on any atom is 0.257 e. The minimum absolute atomic E-state index is 0.000970. The second-order valence-electron chi connectivity index (χ2n) is 8.23. The molecule has 1 N–H and O–H groups in total. The SMILES string of the molecule is Cc1nc(SCCCCC(=O)NCCc2ccc(Cl)cc2Cl)n(C)c(=O)c1Cc1ccccc1F. The van der Waals surface area contributed by atoms with Crippen LogP contribution in [0.1, 0.15) is 41.6 Å². The molecule has 0 fully saturated rings. The van der Waals surface area contributed by atoms with Gasteiger partial charge in [0.05, 0.1) is 0 Å². The van der Waals surface area contributed by atoms with Crippen LogP contribution in [0, 0.1) is 12.7 Å². The van der Waals surface area contributed by atoms with Crippen molar-refractivity contribution in [3.05, 3.63) is 91.1 Å². The molecule has 0 unspecified atom stereocenters. The fourth-order valence-corrected chi connectivity index (χ4v) is 5.11. The molecule has 5 nitrogen and oxygen atoms in total. The molecule has 0 aliphatic rings. The summed E-state index contributed by atoms with van der Waals surface area (Å²) in [5, 5.41) is 4.72. The van der Waals surface area contributed by atoms with Gasteiger partial charge in [-0.2, -0.15) is 0 Å². The van der Waals surface area contributed by atoms with E-state index in [-0.39, 0.29) is 23.7 Å². The van der Waals surface area contributed by atoms with Gasteiger partial charge in [-0.25, -0.2) is 9.37 Å². The Hall–Kier alpha value is -2.35. The lowest BCUT2D eigenvalue weighted by Gasteiger charge is -2.12. The molecular weight excluding hydrogens is 508 g/mol. The number of nitrogens with one attached hydrogen (secondary N) is 1. The summed E-state index contributed by atoms with van der Waals surface area (Å²) >= 11 is 13.5. The molecule has 0 aliphatic heterocycles. The zero-order valence-electron chi connectivity index (χ0n) is 19.7. The molecule has 0 atom stereocenters. The molecule has 0 bridgehead atoms. The average Bonchev–Trinajstić information content (AvgIpc) is 2.82. The van der Waals surface area contributed by atoms with Crippen LogP contribution >= 0.6 is 35.0 Å². The van der Waals surface area contributed by atoms with E-state index in [1.807, 2.05) is 6.07 Å². The fourth-order valence-electron chi connectivity index (χ4n) is 3.60. The molecule has 9 heteroatoms. The number of carbonyl (C=O) groups excluding carboxylic acids is 1. The highest BCUT2D eigenvalue weighted by atomic mass is 35.5. The predicted molar refractivity (Wildman–Crippen MR) is 141 cm³/mol. The van der Waals surface area contributed by atoms with Crippen LogP contribution in [0.3, 0.4) is 0 Å². The van der Waals surface area contributed by atoms with Crippen molar-refractivity contribution < 1.29 is 9.18 Å². The number of aryl methyl sites for hydroxylation is 1. The Balaban J connectivity index is 1.42. The Morgan fingerprint density at radius 3 is 2.66 bits per heavy atom. The Kier molecular flexibility index (Phi) is 10.2. The Morgan fingerprint density at radius 2 is 1.91 bits per heavy atom. The standard InChI is InChI=1S/C26H28Cl2FN3O2S/c1-17-21(15-19-7-3-4-8-23(19)29)25(34)32(2)26(31-17)35-14-6-5-9-24(33)30-13-12-18-10-11-20(27)16-22(18)28/h3-4,7-8,10-11,16H,5-6,9,12-15H2,1-2H3,(H,30,33). The zero-order valence-corrected chi connectivity index (χ0v) is 22.1. The van der Waals surface area contributed by atoms with Gasteiger partial charge in [0.1, 0.15) is 5.82 Å². The number of halogens is 3. The van der Waals surface area contributed by atoms with E-state index in [1.165, 1.54) is 22.4 Å². The largest absolute Gasteiger partial charge is 0.356 e. The van der Waals surface area contributed by atoms with E-state index in [1.54, 1.807) is 44.3 Å². The molecule has 0 radical (unpaired) electrons. The van der Waals surface area contributed by atoms with Gasteiger partial charge >= 0.3 is 0 Å². The van der Waals surface area contributed by atoms with Crippen LogP contribution in [-0.2, 0) is 24.7 Å². The number of nitrogens with zero attached hydrogens (tertiary/aromatic N) is 2. The molecule has 35 heavy (non-hydrogen) atoms. The van der Waals surface area contributed by atoms with Crippen LogP contribution in [0.4, 0.5) is 4.39 Å². The highest BCUT2D eigenvalue weighted by molar-refractivity contribution is 7.99. The lowest BCUT2D eigenvalue weighted by Crippen LogP contribution is -2.26. The van der Waals surface area contributed by atoms with Crippen LogP contribution in [0.25, 0.3) is 0 Å². The van der Waals surface area contributed by atoms with Crippen molar-refractivity contribution in [1.29, 1.82) is 0 Å². The van der Waals surface area contributed by atoms with E-state index in [4.69, 9.17) is 23.2 Å². The first-order chi connectivity index (χ1) is 16.8. The van der Waals surface area contributed by atoms with Gasteiger partial charge in [-0.3, -0.25) is 14.2 Å². The minimum atomic E-state index is -0.329. The van der Waals surface area contributed by atoms with Crippen molar-refractivity contribution in [3.63, 3.8) is 0 Å². The van der Waals surface area contributed by atoms with Crippen LogP contribution in [-0.4, -0.2) is 27.8 Å². The van der Waals surface area contributed by atoms with E-state index in [0.717, 1.165) is 24.2 Å². The van der Waals surface area contributed by atoms with E-state index in [9.17, 15) is 14.0 Å². The summed E-state index contributed by atoms with van der Waals surface area (Å²) in [5.41, 5.74) is 2.37. The number of amides is 1. The van der Waals surface area contributed by atoms with Gasteiger partial charge in [-0.15, -0.1) is 0 Å². The molecule has 186 valence electrons. The molecule has 0 saturated carbocycles. The molecule has 1 heterocycles. The minimum Gasteiger partial charge on any atom is -0.356 e. The summed E-state index contributed by atoms with van der Waals surface area (Å²) in [4.78, 5) is 29.5. The van der Waals surface area contributed by atoms with Gasteiger partial charge in [0.25, 0.3) is 5.56 Å². The van der Waals surface area contributed by atoms with Crippen molar-refractivity contribution in [1.82, 2.24) is 14.9 Å². The summed E-state index contributed by atoms with van der Waals surface area (Å²) in [6, 6.07) is 11.8. The summed E-state index contributed by atoms with van der Waals surface area (Å²) in [6.45, 7) is 2.29. The lowest BCUT2D eigenvalue weighted by atomic mass is 10.0. The quantitative estimate of drug-likeness (QED) is 0.193. The predicted octanol–water partition coefficient (Wildman–Crippen LogP) is 5.75. The molecule has 2 aromatic carbocycles. The zero-order chi connectivity index (χ0) is 25.4. The summed E-state index contributed by atoms with van der Waals surface area (Å²) in [7, 11) is 1.68. The Labute approximate surface area is 219 Å². The van der Waals surface area contributed by atoms with Crippen molar-refractivity contribution >= 4 is 40.9 Å². The molecule has 0 spiro atoms. The Bertz CT molecular complexity index is 1250. The average molecular weight is 537 g/mol. The van der Waals surface area contributed by atoms with Crippen molar-refractivity contribution in [2.45, 2.75) is 44.2 Å². The van der Waals surface area contributed by atoms with Crippen molar-refractivity contribution in [2.75, 3.05) is 12.3 Å². The number of benzene rings is 2. The second kappa shape index (κ2) is 13.1. The number of aromatic nitrogens is 2. The van der Waals surface area contributed by atoms with Gasteiger partial charge in [-0.05, 0) is 55.5 Å². The van der Waals surface area contributed by atoms with Crippen LogP contribution in [0.15, 0.2) is 52.4 Å². The van der Waals surface area contributed by atoms with Gasteiger partial charge in [0.15, 0.2) is 5.16 Å². The van der Waals surface area contributed by atoms with E-state index in [2.05, 4.69) is 10.3 Å². The molecule has 0 aliphatic carbocycles. The topological polar surface area (TPSA) is 64.0 Å². The smallest absolute Gasteiger partial charge is 0.257 e. The van der Waals surface area contributed by atoms with Crippen molar-refractivity contribution in [2.24, 2.45) is 7.05 Å². The van der Waals surface area contributed by atoms with Gasteiger partial charge in [0.2, 0.25) is 5.91 Å². The first-order valence-electron chi connectivity index (χ1n) is 11.4. The first kappa shape index (κ1) is 27.2. The first-order valence-corrected chi connectivity index (χ1v) is 13.1. The van der Waals surface area contributed by atoms with Crippen LogP contribution < -0.4 is 10.9 Å². The number of hydrogen-bond acceptors (Lipinski definition) is 4. The third-order valence-corrected chi connectivity index (χ3v) is 7.34. The van der Waals surface area contributed by atoms with E-state index >= 15 is 0 Å². The molecule has 1 amide bonds. The van der Waals surface area contributed by atoms with E-state index in [0.29, 0.717) is 51.4 Å². The van der Waals surface area contributed by atoms with Crippen LogP contribution in [0.2, 0.25) is 10.0 Å². The Morgan fingerprint density at radius 1 is 1.14 bits per heavy atom. The number of hydrogen-bond donors (Lipinski definition) is 1. The van der Waals surface area contributed by atoms with E-state index < -0.39 is 0 Å². The van der Waals surface area contributed by atoms with Gasteiger partial charge < -0.3 is 5.32 Å². The molecule has 0 saturated heterocycles. The van der Waals surface area contributed by atoms with Crippen LogP contribution in [0.5, 0.6) is 0 Å². The molecule has 3 rings (SSSR count).